The Hall–Kier alpha value is -3.01. The highest BCUT2D eigenvalue weighted by Crippen LogP contribution is 2.23. The van der Waals surface area contributed by atoms with E-state index >= 15 is 0 Å². The Bertz CT molecular complexity index is 1170. The van der Waals surface area contributed by atoms with E-state index in [1.165, 1.54) is 35.2 Å². The van der Waals surface area contributed by atoms with Crippen LogP contribution in [0.15, 0.2) is 48.5 Å². The van der Waals surface area contributed by atoms with Gasteiger partial charge >= 0.3 is 0 Å². The molecule has 1 saturated carbocycles. The van der Waals surface area contributed by atoms with Gasteiger partial charge in [0.05, 0.1) is 11.9 Å². The first-order valence-corrected chi connectivity index (χ1v) is 14.5. The van der Waals surface area contributed by atoms with Crippen LogP contribution in [0.4, 0.5) is 14.5 Å². The Balaban J connectivity index is 1.76. The maximum absolute atomic E-state index is 14.3. The smallest absolute Gasteiger partial charge is 0.243 e. The number of para-hydroxylation sites is 1. The van der Waals surface area contributed by atoms with E-state index in [9.17, 15) is 26.8 Å². The van der Waals surface area contributed by atoms with Gasteiger partial charge in [-0.1, -0.05) is 44.0 Å². The number of rotatable bonds is 12. The zero-order chi connectivity index (χ0) is 27.0. The normalized spacial score (nSPS) is 14.8. The minimum absolute atomic E-state index is 0.0468. The molecule has 202 valence electrons. The summed E-state index contributed by atoms with van der Waals surface area (Å²) >= 11 is 0. The maximum atomic E-state index is 14.3. The topological polar surface area (TPSA) is 86.8 Å². The minimum Gasteiger partial charge on any atom is -0.352 e. The van der Waals surface area contributed by atoms with Crippen molar-refractivity contribution >= 4 is 27.5 Å². The molecule has 1 fully saturated rings. The van der Waals surface area contributed by atoms with Crippen LogP contribution in [0.1, 0.15) is 57.4 Å². The summed E-state index contributed by atoms with van der Waals surface area (Å²) in [5, 5.41) is 3.06. The lowest BCUT2D eigenvalue weighted by Gasteiger charge is -2.32. The summed E-state index contributed by atoms with van der Waals surface area (Å²) in [7, 11) is -3.79. The largest absolute Gasteiger partial charge is 0.352 e. The van der Waals surface area contributed by atoms with Crippen molar-refractivity contribution in [3.63, 3.8) is 0 Å². The molecule has 0 spiro atoms. The molecule has 0 radical (unpaired) electrons. The lowest BCUT2D eigenvalue weighted by molar-refractivity contribution is -0.141. The Labute approximate surface area is 217 Å². The molecular weight excluding hydrogens is 500 g/mol. The average Bonchev–Trinajstić information content (AvgIpc) is 3.36. The highest BCUT2D eigenvalue weighted by molar-refractivity contribution is 7.92. The predicted molar refractivity (Wildman–Crippen MR) is 139 cm³/mol. The van der Waals surface area contributed by atoms with Gasteiger partial charge in [-0.05, 0) is 55.5 Å². The van der Waals surface area contributed by atoms with Crippen molar-refractivity contribution < 1.29 is 26.8 Å². The lowest BCUT2D eigenvalue weighted by Crippen LogP contribution is -2.51. The first-order valence-electron chi connectivity index (χ1n) is 12.7. The molecule has 10 heteroatoms. The molecule has 7 nitrogen and oxygen atoms in total. The summed E-state index contributed by atoms with van der Waals surface area (Å²) in [6.07, 6.45) is 5.38. The van der Waals surface area contributed by atoms with Crippen LogP contribution in [-0.2, 0) is 26.2 Å². The number of anilines is 1. The second-order valence-corrected chi connectivity index (χ2v) is 11.4. The van der Waals surface area contributed by atoms with E-state index in [2.05, 4.69) is 5.32 Å². The van der Waals surface area contributed by atoms with Crippen molar-refractivity contribution in [2.24, 2.45) is 0 Å². The fraction of sp³-hybridized carbons (Fsp3) is 0.481. The molecule has 2 aromatic rings. The summed E-state index contributed by atoms with van der Waals surface area (Å²) in [5.74, 6) is -1.64. The molecule has 2 amide bonds. The van der Waals surface area contributed by atoms with E-state index in [1.54, 1.807) is 18.2 Å². The maximum Gasteiger partial charge on any atom is 0.243 e. The third kappa shape index (κ3) is 7.99. The van der Waals surface area contributed by atoms with E-state index in [-0.39, 0.29) is 49.5 Å². The second kappa shape index (κ2) is 13.0. The van der Waals surface area contributed by atoms with Gasteiger partial charge in [-0.2, -0.15) is 0 Å². The zero-order valence-corrected chi connectivity index (χ0v) is 22.1. The van der Waals surface area contributed by atoms with Crippen LogP contribution in [0.3, 0.4) is 0 Å². The number of nitrogens with zero attached hydrogens (tertiary/aromatic N) is 2. The van der Waals surface area contributed by atoms with Crippen LogP contribution < -0.4 is 9.62 Å². The third-order valence-corrected chi connectivity index (χ3v) is 7.81. The summed E-state index contributed by atoms with van der Waals surface area (Å²) in [6.45, 7) is 1.84. The van der Waals surface area contributed by atoms with Gasteiger partial charge in [0.15, 0.2) is 0 Å². The van der Waals surface area contributed by atoms with E-state index in [4.69, 9.17) is 0 Å². The van der Waals surface area contributed by atoms with E-state index < -0.39 is 27.7 Å². The highest BCUT2D eigenvalue weighted by Gasteiger charge is 2.31. The van der Waals surface area contributed by atoms with Crippen LogP contribution in [0, 0.1) is 11.6 Å². The first-order chi connectivity index (χ1) is 17.6. The van der Waals surface area contributed by atoms with Crippen molar-refractivity contribution in [1.82, 2.24) is 10.2 Å². The summed E-state index contributed by atoms with van der Waals surface area (Å²) in [5.41, 5.74) is 0.592. The molecule has 0 saturated heterocycles. The number of amides is 2. The van der Waals surface area contributed by atoms with E-state index in [0.717, 1.165) is 36.2 Å². The molecule has 1 aliphatic carbocycles. The van der Waals surface area contributed by atoms with Gasteiger partial charge < -0.3 is 10.2 Å². The van der Waals surface area contributed by atoms with Crippen LogP contribution >= 0.6 is 0 Å². The second-order valence-electron chi connectivity index (χ2n) is 9.45. The number of sulfonamides is 1. The number of carbonyl (C=O) groups is 2. The Kier molecular flexibility index (Phi) is 10.0. The molecule has 1 atom stereocenters. The fourth-order valence-electron chi connectivity index (χ4n) is 4.71. The molecule has 0 aliphatic heterocycles. The van der Waals surface area contributed by atoms with Crippen LogP contribution in [0.5, 0.6) is 0 Å². The third-order valence-electron chi connectivity index (χ3n) is 6.63. The molecular formula is C27H35F2N3O4S. The molecule has 0 unspecified atom stereocenters. The van der Waals surface area contributed by atoms with Crippen LogP contribution in [-0.4, -0.2) is 50.0 Å². The summed E-state index contributed by atoms with van der Waals surface area (Å²) < 4.78 is 53.4. The highest BCUT2D eigenvalue weighted by atomic mass is 32.2. The number of hydrogen-bond donors (Lipinski definition) is 1. The monoisotopic (exact) mass is 535 g/mol. The number of carbonyl (C=O) groups excluding carboxylic acids is 2. The number of hydrogen-bond acceptors (Lipinski definition) is 4. The molecule has 1 N–H and O–H groups in total. The Morgan fingerprint density at radius 2 is 1.70 bits per heavy atom. The Morgan fingerprint density at radius 3 is 2.30 bits per heavy atom. The van der Waals surface area contributed by atoms with Crippen molar-refractivity contribution in [2.75, 3.05) is 17.1 Å². The molecule has 0 aromatic heterocycles. The quantitative estimate of drug-likeness (QED) is 0.437. The van der Waals surface area contributed by atoms with Gasteiger partial charge in [-0.3, -0.25) is 13.9 Å². The summed E-state index contributed by atoms with van der Waals surface area (Å²) in [6, 6.07) is 10.7. The SMILES string of the molecule is CC[C@H](C(=O)NC1CCCC1)N(Cc1ccc(F)cc1)C(=O)CCCN(c1ccccc1F)S(C)(=O)=O. The van der Waals surface area contributed by atoms with Crippen LogP contribution in [0.25, 0.3) is 0 Å². The fourth-order valence-corrected chi connectivity index (χ4v) is 5.68. The first kappa shape index (κ1) is 28.6. The van der Waals surface area contributed by atoms with Crippen molar-refractivity contribution in [2.45, 2.75) is 70.5 Å². The standard InChI is InChI=1S/C27H35F2N3O4S/c1-3-24(27(34)30-22-9-4-5-10-22)31(19-20-14-16-21(28)17-15-20)26(33)13-8-18-32(37(2,35)36)25-12-7-6-11-23(25)29/h6-7,11-12,14-17,22,24H,3-5,8-10,13,18-19H2,1-2H3,(H,30,34)/t24-/m1/s1. The van der Waals surface area contributed by atoms with Crippen molar-refractivity contribution in [1.29, 1.82) is 0 Å². The summed E-state index contributed by atoms with van der Waals surface area (Å²) in [4.78, 5) is 28.1. The number of nitrogens with one attached hydrogen (secondary N) is 1. The lowest BCUT2D eigenvalue weighted by atomic mass is 10.1. The average molecular weight is 536 g/mol. The molecule has 1 aliphatic rings. The minimum atomic E-state index is -3.79. The molecule has 0 bridgehead atoms. The number of benzene rings is 2. The molecule has 3 rings (SSSR count). The number of halogens is 2. The molecule has 37 heavy (non-hydrogen) atoms. The van der Waals surface area contributed by atoms with Gasteiger partial charge in [0.1, 0.15) is 17.7 Å². The van der Waals surface area contributed by atoms with E-state index in [0.29, 0.717) is 12.0 Å². The zero-order valence-electron chi connectivity index (χ0n) is 21.3. The molecule has 2 aromatic carbocycles. The van der Waals surface area contributed by atoms with E-state index in [1.807, 2.05) is 6.92 Å². The van der Waals surface area contributed by atoms with Gasteiger partial charge in [0.2, 0.25) is 21.8 Å². The van der Waals surface area contributed by atoms with Crippen molar-refractivity contribution in [3.05, 3.63) is 65.7 Å². The molecule has 0 heterocycles. The van der Waals surface area contributed by atoms with Gasteiger partial charge in [-0.15, -0.1) is 0 Å². The Morgan fingerprint density at radius 1 is 1.05 bits per heavy atom. The van der Waals surface area contributed by atoms with Gasteiger partial charge in [0, 0.05) is 25.6 Å². The predicted octanol–water partition coefficient (Wildman–Crippen LogP) is 4.38. The van der Waals surface area contributed by atoms with Crippen molar-refractivity contribution in [3.8, 4) is 0 Å². The van der Waals surface area contributed by atoms with Gasteiger partial charge in [-0.25, -0.2) is 17.2 Å². The van der Waals surface area contributed by atoms with Gasteiger partial charge in [0.25, 0.3) is 0 Å². The van der Waals surface area contributed by atoms with Crippen LogP contribution in [0.2, 0.25) is 0 Å².